The van der Waals surface area contributed by atoms with Crippen molar-refractivity contribution >= 4 is 17.0 Å². The van der Waals surface area contributed by atoms with Gasteiger partial charge in [-0.25, -0.2) is 28.1 Å². The van der Waals surface area contributed by atoms with Crippen molar-refractivity contribution in [3.63, 3.8) is 0 Å². The predicted molar refractivity (Wildman–Crippen MR) is 109 cm³/mol. The first-order valence-corrected chi connectivity index (χ1v) is 9.74. The Kier molecular flexibility index (Phi) is 8.95. The largest absolute Gasteiger partial charge is 0.368 e. The molecule has 0 saturated carbocycles. The number of nitrogens with one attached hydrogen (secondary N) is 1. The van der Waals surface area contributed by atoms with E-state index < -0.39 is 0 Å². The minimum Gasteiger partial charge on any atom is -0.368 e. The van der Waals surface area contributed by atoms with Gasteiger partial charge in [-0.2, -0.15) is 5.10 Å². The minimum atomic E-state index is 0. The number of fused-ring (bicyclic) bond motifs is 1. The molecule has 2 aromatic rings. The molecule has 5 nitrogen and oxygen atoms in total. The third-order valence-corrected chi connectivity index (χ3v) is 5.00. The Labute approximate surface area is 186 Å². The van der Waals surface area contributed by atoms with Crippen LogP contribution in [-0.4, -0.2) is 45.2 Å². The molecule has 1 aliphatic rings. The van der Waals surface area contributed by atoms with Crippen LogP contribution in [0, 0.1) is 37.5 Å². The molecule has 0 fully saturated rings. The molecule has 144 valence electrons. The van der Waals surface area contributed by atoms with Gasteiger partial charge >= 0.3 is 0 Å². The molecule has 0 amide bonds. The van der Waals surface area contributed by atoms with Crippen molar-refractivity contribution in [1.82, 2.24) is 19.5 Å². The molecule has 27 heavy (non-hydrogen) atoms. The van der Waals surface area contributed by atoms with E-state index in [0.717, 1.165) is 49.5 Å². The van der Waals surface area contributed by atoms with Gasteiger partial charge in [-0.1, -0.05) is 25.8 Å². The van der Waals surface area contributed by atoms with Crippen molar-refractivity contribution in [2.24, 2.45) is 0 Å². The number of hydrogen-bond acceptors (Lipinski definition) is 4. The Hall–Kier alpha value is -1.22. The third kappa shape index (κ3) is 5.88. The number of hydrogen-bond donors (Lipinski definition) is 1. The predicted octanol–water partition coefficient (Wildman–Crippen LogP) is 4.20. The van der Waals surface area contributed by atoms with Crippen molar-refractivity contribution < 1.29 is 31.1 Å². The molecule has 0 radical (unpaired) electrons. The van der Waals surface area contributed by atoms with Gasteiger partial charge in [0.2, 0.25) is 0 Å². The topological polar surface area (TPSA) is 45.5 Å². The van der Waals surface area contributed by atoms with E-state index in [-0.39, 0.29) is 31.1 Å². The molecule has 0 saturated heterocycles. The maximum absolute atomic E-state index is 4.83. The van der Waals surface area contributed by atoms with Crippen LogP contribution in [0.25, 0.3) is 11.2 Å². The summed E-state index contributed by atoms with van der Waals surface area (Å²) in [5, 5.41) is 8.00. The Balaban J connectivity index is 0.00000261. The van der Waals surface area contributed by atoms with Crippen LogP contribution in [-0.2, 0) is 0 Å². The fourth-order valence-electron chi connectivity index (χ4n) is 3.37. The summed E-state index contributed by atoms with van der Waals surface area (Å²) in [5.41, 5.74) is 3.29. The average molecular weight is 591 g/mol. The zero-order valence-electron chi connectivity index (χ0n) is 16.7. The molecule has 1 unspecified atom stereocenters. The number of aromatic nitrogens is 3. The summed E-state index contributed by atoms with van der Waals surface area (Å²) >= 11 is 0. The van der Waals surface area contributed by atoms with Gasteiger partial charge in [0.05, 0.1) is 6.20 Å². The van der Waals surface area contributed by atoms with Gasteiger partial charge in [-0.3, -0.25) is 0 Å². The molecule has 1 atom stereocenters. The first-order chi connectivity index (χ1) is 12.7. The Morgan fingerprint density at radius 1 is 1.33 bits per heavy atom. The van der Waals surface area contributed by atoms with E-state index in [1.54, 1.807) is 0 Å². The van der Waals surface area contributed by atoms with Gasteiger partial charge in [0, 0.05) is 48.9 Å². The minimum absolute atomic E-state index is 0. The van der Waals surface area contributed by atoms with E-state index in [2.05, 4.69) is 60.7 Å². The van der Waals surface area contributed by atoms with Gasteiger partial charge in [0.15, 0.2) is 5.65 Å². The fourth-order valence-corrected chi connectivity index (χ4v) is 3.37. The molecule has 1 N–H and O–H groups in total. The van der Waals surface area contributed by atoms with E-state index in [0.29, 0.717) is 6.04 Å². The van der Waals surface area contributed by atoms with E-state index in [1.807, 2.05) is 23.0 Å². The first kappa shape index (κ1) is 22.1. The molecule has 0 bridgehead atoms. The van der Waals surface area contributed by atoms with Crippen LogP contribution in [0.4, 0.5) is 5.82 Å². The molecule has 0 aliphatic heterocycles. The van der Waals surface area contributed by atoms with Crippen molar-refractivity contribution in [2.45, 2.75) is 46.1 Å². The summed E-state index contributed by atoms with van der Waals surface area (Å²) in [7, 11) is 0. The van der Waals surface area contributed by atoms with Crippen LogP contribution in [0.5, 0.6) is 0 Å². The number of rotatable bonds is 9. The van der Waals surface area contributed by atoms with Gasteiger partial charge in [0.25, 0.3) is 0 Å². The van der Waals surface area contributed by atoms with Crippen LogP contribution in [0.2, 0.25) is 0 Å². The summed E-state index contributed by atoms with van der Waals surface area (Å²) in [6.45, 7) is 10.1. The van der Waals surface area contributed by atoms with Gasteiger partial charge < -0.3 is 10.2 Å². The van der Waals surface area contributed by atoms with E-state index in [9.17, 15) is 0 Å². The summed E-state index contributed by atoms with van der Waals surface area (Å²) < 4.78 is 1.85. The quantitative estimate of drug-likeness (QED) is 0.445. The van der Waals surface area contributed by atoms with E-state index in [1.165, 1.54) is 12.0 Å². The molecule has 2 heterocycles. The molecule has 0 spiro atoms. The normalized spacial score (nSPS) is 14.6. The SMILES string of the molecule is CCN(CC)CCCC(C)Nc1ccn2ncc(C3=CC=C[CH-]C3)c2n1.[U]. The van der Waals surface area contributed by atoms with Crippen molar-refractivity contribution in [1.29, 1.82) is 0 Å². The van der Waals surface area contributed by atoms with Gasteiger partial charge in [-0.05, 0) is 45.5 Å². The summed E-state index contributed by atoms with van der Waals surface area (Å²) in [6, 6.07) is 2.41. The van der Waals surface area contributed by atoms with E-state index in [4.69, 9.17) is 4.98 Å². The van der Waals surface area contributed by atoms with Crippen molar-refractivity contribution in [3.8, 4) is 0 Å². The molecule has 0 aromatic carbocycles. The maximum Gasteiger partial charge on any atom is 0.164 e. The summed E-state index contributed by atoms with van der Waals surface area (Å²) in [4.78, 5) is 7.30. The Morgan fingerprint density at radius 3 is 2.85 bits per heavy atom. The van der Waals surface area contributed by atoms with Crippen LogP contribution in [0.15, 0.2) is 36.7 Å². The second-order valence-corrected chi connectivity index (χ2v) is 6.87. The average Bonchev–Trinajstić information content (AvgIpc) is 3.09. The molecule has 2 aromatic heterocycles. The van der Waals surface area contributed by atoms with Gasteiger partial charge in [0.1, 0.15) is 5.82 Å². The third-order valence-electron chi connectivity index (χ3n) is 5.00. The monoisotopic (exact) mass is 590 g/mol. The summed E-state index contributed by atoms with van der Waals surface area (Å²) in [6.07, 6.45) is 15.6. The Bertz CT molecular complexity index is 776. The zero-order chi connectivity index (χ0) is 18.4. The molecule has 1 aliphatic carbocycles. The second kappa shape index (κ2) is 10.9. The van der Waals surface area contributed by atoms with Crippen molar-refractivity contribution in [2.75, 3.05) is 25.0 Å². The standard InChI is InChI=1S/C21H30N5.U/c1-4-25(5-2)14-9-10-17(3)23-20-13-15-26-21(24-20)19(16-22-26)18-11-7-6-8-12-18;/h6-8,11,13,15-17H,4-5,9-10,12,14H2,1-3H3,(H,23,24);/q-1;. The molecular formula is C21H30N5U-. The zero-order valence-corrected chi connectivity index (χ0v) is 20.8. The molecule has 6 heteroatoms. The number of nitrogens with zero attached hydrogens (tertiary/aromatic N) is 4. The maximum atomic E-state index is 4.83. The second-order valence-electron chi connectivity index (χ2n) is 6.87. The van der Waals surface area contributed by atoms with Crippen LogP contribution in [0.1, 0.15) is 45.6 Å². The summed E-state index contributed by atoms with van der Waals surface area (Å²) in [5.74, 6) is 0.922. The van der Waals surface area contributed by atoms with Crippen LogP contribution < -0.4 is 5.32 Å². The molecule has 3 rings (SSSR count). The fraction of sp³-hybridized carbons (Fsp3) is 0.476. The first-order valence-electron chi connectivity index (χ1n) is 9.74. The van der Waals surface area contributed by atoms with E-state index >= 15 is 0 Å². The smallest absolute Gasteiger partial charge is 0.164 e. The number of anilines is 1. The van der Waals surface area contributed by atoms with Crippen molar-refractivity contribution in [3.05, 3.63) is 48.7 Å². The van der Waals surface area contributed by atoms with Gasteiger partial charge in [-0.15, -0.1) is 6.08 Å². The Morgan fingerprint density at radius 2 is 2.15 bits per heavy atom. The van der Waals surface area contributed by atoms with Crippen LogP contribution >= 0.6 is 0 Å². The van der Waals surface area contributed by atoms with Crippen LogP contribution in [0.3, 0.4) is 0 Å². The molecular weight excluding hydrogens is 560 g/mol. The number of allylic oxidation sites excluding steroid dienone is 4.